The number of nitrogens with zero attached hydrogens (tertiary/aromatic N) is 3. The summed E-state index contributed by atoms with van der Waals surface area (Å²) in [5.74, 6) is 1.22. The van der Waals surface area contributed by atoms with Crippen LogP contribution >= 0.6 is 0 Å². The average molecular weight is 386 g/mol. The molecule has 0 radical (unpaired) electrons. The molecule has 1 amide bonds. The van der Waals surface area contributed by atoms with E-state index in [0.717, 1.165) is 32.2 Å². The smallest absolute Gasteiger partial charge is 0.261 e. The summed E-state index contributed by atoms with van der Waals surface area (Å²) >= 11 is 0. The lowest BCUT2D eigenvalue weighted by molar-refractivity contribution is -0.140. The van der Waals surface area contributed by atoms with Gasteiger partial charge in [0.05, 0.1) is 30.4 Å². The zero-order valence-electron chi connectivity index (χ0n) is 16.5. The van der Waals surface area contributed by atoms with E-state index in [9.17, 15) is 9.59 Å². The second kappa shape index (κ2) is 7.09. The highest BCUT2D eigenvalue weighted by Crippen LogP contribution is 2.38. The maximum atomic E-state index is 12.5. The molecule has 1 aromatic heterocycles. The van der Waals surface area contributed by atoms with Crippen LogP contribution in [0.5, 0.6) is 11.5 Å². The Morgan fingerprint density at radius 3 is 2.61 bits per heavy atom. The first kappa shape index (κ1) is 18.7. The Balaban J connectivity index is 1.56. The van der Waals surface area contributed by atoms with Crippen LogP contribution in [0.4, 0.5) is 0 Å². The van der Waals surface area contributed by atoms with Crippen molar-refractivity contribution in [2.24, 2.45) is 7.05 Å². The molecule has 8 nitrogen and oxygen atoms in total. The fraction of sp³-hybridized carbons (Fsp3) is 0.550. The van der Waals surface area contributed by atoms with E-state index in [4.69, 9.17) is 9.47 Å². The highest BCUT2D eigenvalue weighted by molar-refractivity contribution is 5.87. The van der Waals surface area contributed by atoms with E-state index in [2.05, 4.69) is 15.2 Å². The number of hydrogen-bond donors (Lipinski definition) is 1. The predicted octanol–water partition coefficient (Wildman–Crippen LogP) is 1.06. The van der Waals surface area contributed by atoms with E-state index in [1.54, 1.807) is 26.3 Å². The molecule has 1 spiro atoms. The van der Waals surface area contributed by atoms with E-state index in [1.807, 2.05) is 7.05 Å². The largest absolute Gasteiger partial charge is 0.493 e. The summed E-state index contributed by atoms with van der Waals surface area (Å²) in [5, 5.41) is 3.50. The van der Waals surface area contributed by atoms with Crippen molar-refractivity contribution in [2.45, 2.75) is 37.3 Å². The van der Waals surface area contributed by atoms with Gasteiger partial charge in [-0.2, -0.15) is 0 Å². The van der Waals surface area contributed by atoms with Gasteiger partial charge in [0.1, 0.15) is 5.54 Å². The predicted molar refractivity (Wildman–Crippen MR) is 105 cm³/mol. The molecule has 1 aliphatic carbocycles. The van der Waals surface area contributed by atoms with Gasteiger partial charge in [0.15, 0.2) is 11.5 Å². The number of hydrogen-bond acceptors (Lipinski definition) is 6. The van der Waals surface area contributed by atoms with Gasteiger partial charge in [-0.25, -0.2) is 4.98 Å². The molecule has 1 aromatic carbocycles. The summed E-state index contributed by atoms with van der Waals surface area (Å²) < 4.78 is 13.1. The van der Waals surface area contributed by atoms with Crippen molar-refractivity contribution >= 4 is 16.8 Å². The maximum Gasteiger partial charge on any atom is 0.261 e. The van der Waals surface area contributed by atoms with E-state index < -0.39 is 5.54 Å². The Labute approximate surface area is 163 Å². The second-order valence-electron chi connectivity index (χ2n) is 7.71. The SMILES string of the molecule is COc1cc2ncn(C)c(=O)c2cc1OC1CCC2(CC1)C(=O)NCCN2C. The molecular weight excluding hydrogens is 360 g/mol. The molecule has 0 unspecified atom stereocenters. The minimum absolute atomic E-state index is 0.0272. The molecule has 1 saturated carbocycles. The number of likely N-dealkylation sites (N-methyl/N-ethyl adjacent to an activating group) is 1. The standard InChI is InChI=1S/C20H26N4O4/c1-23-12-22-15-11-16(27-3)17(10-14(15)18(23)25)28-13-4-6-20(7-5-13)19(26)21-8-9-24(20)2/h10-13H,4-9H2,1-3H3,(H,21,26). The van der Waals surface area contributed by atoms with Crippen molar-refractivity contribution in [3.05, 3.63) is 28.8 Å². The number of rotatable bonds is 3. The quantitative estimate of drug-likeness (QED) is 0.849. The summed E-state index contributed by atoms with van der Waals surface area (Å²) in [6, 6.07) is 3.45. The van der Waals surface area contributed by atoms with E-state index in [0.29, 0.717) is 28.9 Å². The minimum Gasteiger partial charge on any atom is -0.493 e. The Morgan fingerprint density at radius 2 is 1.93 bits per heavy atom. The molecule has 1 saturated heterocycles. The minimum atomic E-state index is -0.425. The number of aromatic nitrogens is 2. The summed E-state index contributed by atoms with van der Waals surface area (Å²) in [7, 11) is 5.27. The van der Waals surface area contributed by atoms with Gasteiger partial charge in [0.2, 0.25) is 5.91 Å². The molecule has 0 atom stereocenters. The lowest BCUT2D eigenvalue weighted by atomic mass is 9.77. The summed E-state index contributed by atoms with van der Waals surface area (Å²) in [5.41, 5.74) is 0.0295. The molecule has 2 fully saturated rings. The number of aryl methyl sites for hydroxylation is 1. The summed E-state index contributed by atoms with van der Waals surface area (Å²) in [4.78, 5) is 31.4. The van der Waals surface area contributed by atoms with Crippen LogP contribution in [-0.2, 0) is 11.8 Å². The van der Waals surface area contributed by atoms with Crippen LogP contribution in [0.25, 0.3) is 10.9 Å². The van der Waals surface area contributed by atoms with Crippen LogP contribution < -0.4 is 20.3 Å². The van der Waals surface area contributed by atoms with E-state index in [1.165, 1.54) is 10.9 Å². The topological polar surface area (TPSA) is 85.7 Å². The van der Waals surface area contributed by atoms with Gasteiger partial charge in [0.25, 0.3) is 5.56 Å². The number of benzene rings is 1. The second-order valence-corrected chi connectivity index (χ2v) is 7.71. The molecule has 8 heteroatoms. The average Bonchev–Trinajstić information content (AvgIpc) is 2.70. The van der Waals surface area contributed by atoms with Crippen LogP contribution in [0.3, 0.4) is 0 Å². The zero-order valence-corrected chi connectivity index (χ0v) is 16.5. The number of nitrogens with one attached hydrogen (secondary N) is 1. The van der Waals surface area contributed by atoms with Gasteiger partial charge in [-0.3, -0.25) is 14.5 Å². The molecule has 150 valence electrons. The molecule has 2 heterocycles. The van der Waals surface area contributed by atoms with Crippen LogP contribution in [0.1, 0.15) is 25.7 Å². The summed E-state index contributed by atoms with van der Waals surface area (Å²) in [6.45, 7) is 1.57. The number of carbonyl (C=O) groups is 1. The molecular formula is C20H26N4O4. The molecule has 0 bridgehead atoms. The number of methoxy groups -OCH3 is 1. The highest BCUT2D eigenvalue weighted by atomic mass is 16.5. The fourth-order valence-corrected chi connectivity index (χ4v) is 4.33. The number of carbonyl (C=O) groups excluding carboxylic acids is 1. The first-order chi connectivity index (χ1) is 13.4. The lowest BCUT2D eigenvalue weighted by Gasteiger charge is -2.47. The van der Waals surface area contributed by atoms with Gasteiger partial charge in [-0.05, 0) is 38.8 Å². The first-order valence-electron chi connectivity index (χ1n) is 9.64. The van der Waals surface area contributed by atoms with E-state index >= 15 is 0 Å². The van der Waals surface area contributed by atoms with Crippen LogP contribution in [0.2, 0.25) is 0 Å². The molecule has 1 N–H and O–H groups in total. The van der Waals surface area contributed by atoms with Gasteiger partial charge in [-0.1, -0.05) is 0 Å². The zero-order chi connectivity index (χ0) is 19.9. The third-order valence-corrected chi connectivity index (χ3v) is 6.14. The van der Waals surface area contributed by atoms with Gasteiger partial charge < -0.3 is 19.4 Å². The Hall–Kier alpha value is -2.61. The van der Waals surface area contributed by atoms with Crippen molar-refractivity contribution in [3.8, 4) is 11.5 Å². The van der Waals surface area contributed by atoms with E-state index in [-0.39, 0.29) is 17.6 Å². The Bertz CT molecular complexity index is 963. The molecule has 28 heavy (non-hydrogen) atoms. The van der Waals surface area contributed by atoms with Crippen LogP contribution in [0, 0.1) is 0 Å². The Morgan fingerprint density at radius 1 is 1.18 bits per heavy atom. The summed E-state index contributed by atoms with van der Waals surface area (Å²) in [6.07, 6.45) is 4.50. The van der Waals surface area contributed by atoms with Gasteiger partial charge in [0, 0.05) is 26.2 Å². The molecule has 4 rings (SSSR count). The van der Waals surface area contributed by atoms with Crippen LogP contribution in [-0.4, -0.2) is 59.2 Å². The van der Waals surface area contributed by atoms with Crippen molar-refractivity contribution in [3.63, 3.8) is 0 Å². The van der Waals surface area contributed by atoms with Crippen molar-refractivity contribution in [1.29, 1.82) is 0 Å². The highest BCUT2D eigenvalue weighted by Gasteiger charge is 2.47. The van der Waals surface area contributed by atoms with Gasteiger partial charge >= 0.3 is 0 Å². The van der Waals surface area contributed by atoms with Crippen molar-refractivity contribution < 1.29 is 14.3 Å². The first-order valence-corrected chi connectivity index (χ1v) is 9.64. The third kappa shape index (κ3) is 3.01. The lowest BCUT2D eigenvalue weighted by Crippen LogP contribution is -2.65. The van der Waals surface area contributed by atoms with Crippen LogP contribution in [0.15, 0.2) is 23.3 Å². The van der Waals surface area contributed by atoms with Crippen molar-refractivity contribution in [2.75, 3.05) is 27.2 Å². The Kier molecular flexibility index (Phi) is 4.74. The fourth-order valence-electron chi connectivity index (χ4n) is 4.33. The number of fused-ring (bicyclic) bond motifs is 1. The normalized spacial score (nSPS) is 25.7. The molecule has 2 aromatic rings. The number of piperazine rings is 1. The maximum absolute atomic E-state index is 12.5. The molecule has 2 aliphatic rings. The molecule has 1 aliphatic heterocycles. The number of ether oxygens (including phenoxy) is 2. The van der Waals surface area contributed by atoms with Gasteiger partial charge in [-0.15, -0.1) is 0 Å². The third-order valence-electron chi connectivity index (χ3n) is 6.14. The monoisotopic (exact) mass is 386 g/mol. The number of amides is 1. The van der Waals surface area contributed by atoms with Crippen molar-refractivity contribution in [1.82, 2.24) is 19.8 Å².